The number of benzene rings is 1. The highest BCUT2D eigenvalue weighted by molar-refractivity contribution is 5.96. The predicted molar refractivity (Wildman–Crippen MR) is 79.4 cm³/mol. The average molecular weight is 274 g/mol. The van der Waals surface area contributed by atoms with Crippen molar-refractivity contribution in [3.63, 3.8) is 0 Å². The molecule has 0 spiro atoms. The lowest BCUT2D eigenvalue weighted by Gasteiger charge is -2.24. The van der Waals surface area contributed by atoms with Crippen molar-refractivity contribution in [1.29, 1.82) is 0 Å². The van der Waals surface area contributed by atoms with E-state index < -0.39 is 0 Å². The van der Waals surface area contributed by atoms with Gasteiger partial charge in [-0.2, -0.15) is 0 Å². The van der Waals surface area contributed by atoms with Gasteiger partial charge in [-0.05, 0) is 37.8 Å². The van der Waals surface area contributed by atoms with E-state index in [0.29, 0.717) is 12.8 Å². The Morgan fingerprint density at radius 2 is 2.20 bits per heavy atom. The Labute approximate surface area is 119 Å². The lowest BCUT2D eigenvalue weighted by Crippen LogP contribution is -2.34. The molecule has 4 heteroatoms. The normalized spacial score (nSPS) is 18.9. The number of hydrogen-bond donors (Lipinski definition) is 2. The first-order valence-electron chi connectivity index (χ1n) is 7.28. The zero-order valence-corrected chi connectivity index (χ0v) is 12.1. The number of carbonyl (C=O) groups is 2. The first-order valence-corrected chi connectivity index (χ1v) is 7.28. The van der Waals surface area contributed by atoms with Gasteiger partial charge in [0, 0.05) is 24.1 Å². The highest BCUT2D eigenvalue weighted by Gasteiger charge is 2.26. The van der Waals surface area contributed by atoms with E-state index in [2.05, 4.69) is 10.6 Å². The van der Waals surface area contributed by atoms with E-state index in [1.54, 1.807) is 0 Å². The van der Waals surface area contributed by atoms with Crippen molar-refractivity contribution in [2.45, 2.75) is 45.6 Å². The van der Waals surface area contributed by atoms with Gasteiger partial charge in [0.05, 0.1) is 0 Å². The SMILES string of the molecule is CC[C@@H](C)NC(=O)CC[C@@H]1Cc2ccccc2NC1=O. The lowest BCUT2D eigenvalue weighted by molar-refractivity contribution is -0.123. The molecule has 0 saturated carbocycles. The van der Waals surface area contributed by atoms with Crippen LogP contribution in [0.2, 0.25) is 0 Å². The summed E-state index contributed by atoms with van der Waals surface area (Å²) >= 11 is 0. The van der Waals surface area contributed by atoms with E-state index in [1.807, 2.05) is 38.1 Å². The van der Waals surface area contributed by atoms with Gasteiger partial charge in [0.2, 0.25) is 11.8 Å². The molecule has 20 heavy (non-hydrogen) atoms. The second kappa shape index (κ2) is 6.55. The van der Waals surface area contributed by atoms with Crippen molar-refractivity contribution in [3.8, 4) is 0 Å². The second-order valence-electron chi connectivity index (χ2n) is 5.46. The van der Waals surface area contributed by atoms with Gasteiger partial charge in [0.1, 0.15) is 0 Å². The zero-order chi connectivity index (χ0) is 14.5. The summed E-state index contributed by atoms with van der Waals surface area (Å²) in [6.45, 7) is 4.03. The van der Waals surface area contributed by atoms with Crippen molar-refractivity contribution in [3.05, 3.63) is 29.8 Å². The third kappa shape index (κ3) is 3.59. The largest absolute Gasteiger partial charge is 0.354 e. The van der Waals surface area contributed by atoms with E-state index in [9.17, 15) is 9.59 Å². The van der Waals surface area contributed by atoms with Gasteiger partial charge in [0.25, 0.3) is 0 Å². The minimum Gasteiger partial charge on any atom is -0.354 e. The average Bonchev–Trinajstić information content (AvgIpc) is 2.44. The monoisotopic (exact) mass is 274 g/mol. The summed E-state index contributed by atoms with van der Waals surface area (Å²) in [5, 5.41) is 5.85. The summed E-state index contributed by atoms with van der Waals surface area (Å²) in [5.41, 5.74) is 2.05. The van der Waals surface area contributed by atoms with Crippen LogP contribution in [0, 0.1) is 5.92 Å². The molecule has 0 aromatic heterocycles. The quantitative estimate of drug-likeness (QED) is 0.866. The summed E-state index contributed by atoms with van der Waals surface area (Å²) in [7, 11) is 0. The summed E-state index contributed by atoms with van der Waals surface area (Å²) in [5.74, 6) is -0.0429. The lowest BCUT2D eigenvalue weighted by atomic mass is 9.89. The van der Waals surface area contributed by atoms with Gasteiger partial charge in [-0.1, -0.05) is 25.1 Å². The molecule has 1 aliphatic rings. The topological polar surface area (TPSA) is 58.2 Å². The van der Waals surface area contributed by atoms with E-state index in [-0.39, 0.29) is 23.8 Å². The third-order valence-electron chi connectivity index (χ3n) is 3.85. The molecule has 0 bridgehead atoms. The molecular weight excluding hydrogens is 252 g/mol. The molecule has 0 unspecified atom stereocenters. The van der Waals surface area contributed by atoms with Crippen molar-refractivity contribution < 1.29 is 9.59 Å². The van der Waals surface area contributed by atoms with Crippen LogP contribution in [0.1, 0.15) is 38.7 Å². The molecular formula is C16H22N2O2. The van der Waals surface area contributed by atoms with E-state index >= 15 is 0 Å². The molecule has 1 aromatic rings. The standard InChI is InChI=1S/C16H22N2O2/c1-3-11(2)17-15(19)9-8-13-10-12-6-4-5-7-14(12)18-16(13)20/h4-7,11,13H,3,8-10H2,1-2H3,(H,17,19)(H,18,20)/t11-,13-/m1/s1. The van der Waals surface area contributed by atoms with E-state index in [4.69, 9.17) is 0 Å². The number of fused-ring (bicyclic) bond motifs is 1. The van der Waals surface area contributed by atoms with Gasteiger partial charge < -0.3 is 10.6 Å². The molecule has 4 nitrogen and oxygen atoms in total. The maximum atomic E-state index is 12.0. The van der Waals surface area contributed by atoms with Crippen LogP contribution in [0.15, 0.2) is 24.3 Å². The zero-order valence-electron chi connectivity index (χ0n) is 12.1. The number of nitrogens with one attached hydrogen (secondary N) is 2. The molecule has 0 saturated heterocycles. The van der Waals surface area contributed by atoms with Crippen molar-refractivity contribution in [2.75, 3.05) is 5.32 Å². The molecule has 1 aliphatic heterocycles. The Morgan fingerprint density at radius 1 is 1.45 bits per heavy atom. The fourth-order valence-corrected chi connectivity index (χ4v) is 2.40. The number of rotatable bonds is 5. The Kier molecular flexibility index (Phi) is 4.77. The number of para-hydroxylation sites is 1. The van der Waals surface area contributed by atoms with Gasteiger partial charge >= 0.3 is 0 Å². The van der Waals surface area contributed by atoms with Gasteiger partial charge in [-0.15, -0.1) is 0 Å². The maximum Gasteiger partial charge on any atom is 0.227 e. The van der Waals surface area contributed by atoms with Crippen LogP contribution in [0.5, 0.6) is 0 Å². The van der Waals surface area contributed by atoms with Crippen molar-refractivity contribution >= 4 is 17.5 Å². The molecule has 0 radical (unpaired) electrons. The predicted octanol–water partition coefficient (Wildman–Crippen LogP) is 2.49. The number of amides is 2. The first kappa shape index (κ1) is 14.6. The second-order valence-corrected chi connectivity index (χ2v) is 5.46. The Balaban J connectivity index is 1.88. The minimum atomic E-state index is -0.104. The molecule has 1 aromatic carbocycles. The minimum absolute atomic E-state index is 0.0278. The Hall–Kier alpha value is -1.84. The number of carbonyl (C=O) groups excluding carboxylic acids is 2. The Morgan fingerprint density at radius 3 is 2.95 bits per heavy atom. The summed E-state index contributed by atoms with van der Waals surface area (Å²) in [4.78, 5) is 23.8. The molecule has 0 aliphatic carbocycles. The van der Waals surface area contributed by atoms with Gasteiger partial charge in [-0.3, -0.25) is 9.59 Å². The van der Waals surface area contributed by atoms with Crippen LogP contribution in [0.4, 0.5) is 5.69 Å². The molecule has 2 atom stereocenters. The van der Waals surface area contributed by atoms with Crippen LogP contribution in [0.3, 0.4) is 0 Å². The third-order valence-corrected chi connectivity index (χ3v) is 3.85. The molecule has 1 heterocycles. The highest BCUT2D eigenvalue weighted by Crippen LogP contribution is 2.27. The summed E-state index contributed by atoms with van der Waals surface area (Å²) < 4.78 is 0. The van der Waals surface area contributed by atoms with Gasteiger partial charge in [0.15, 0.2) is 0 Å². The summed E-state index contributed by atoms with van der Waals surface area (Å²) in [6, 6.07) is 8.03. The fourth-order valence-electron chi connectivity index (χ4n) is 2.40. The Bertz CT molecular complexity index is 499. The first-order chi connectivity index (χ1) is 9.60. The van der Waals surface area contributed by atoms with Crippen LogP contribution < -0.4 is 10.6 Å². The van der Waals surface area contributed by atoms with Crippen LogP contribution in [-0.4, -0.2) is 17.9 Å². The molecule has 2 amide bonds. The van der Waals surface area contributed by atoms with Crippen molar-refractivity contribution in [1.82, 2.24) is 5.32 Å². The molecule has 0 fully saturated rings. The number of hydrogen-bond acceptors (Lipinski definition) is 2. The molecule has 2 rings (SSSR count). The van der Waals surface area contributed by atoms with E-state index in [0.717, 1.165) is 24.1 Å². The summed E-state index contributed by atoms with van der Waals surface area (Å²) in [6.07, 6.45) is 2.65. The maximum absolute atomic E-state index is 12.0. The van der Waals surface area contributed by atoms with Gasteiger partial charge in [-0.25, -0.2) is 0 Å². The highest BCUT2D eigenvalue weighted by atomic mass is 16.2. The van der Waals surface area contributed by atoms with Crippen LogP contribution in [0.25, 0.3) is 0 Å². The van der Waals surface area contributed by atoms with Crippen LogP contribution in [-0.2, 0) is 16.0 Å². The molecule has 2 N–H and O–H groups in total. The van der Waals surface area contributed by atoms with Crippen molar-refractivity contribution in [2.24, 2.45) is 5.92 Å². The van der Waals surface area contributed by atoms with E-state index in [1.165, 1.54) is 0 Å². The number of anilines is 1. The fraction of sp³-hybridized carbons (Fsp3) is 0.500. The molecule has 108 valence electrons. The smallest absolute Gasteiger partial charge is 0.227 e. The van der Waals surface area contributed by atoms with Crippen LogP contribution >= 0.6 is 0 Å².